The normalized spacial score (nSPS) is 18.2. The molecule has 0 amide bonds. The molecule has 0 spiro atoms. The van der Waals surface area contributed by atoms with Crippen molar-refractivity contribution in [1.29, 1.82) is 0 Å². The number of thiazole rings is 1. The summed E-state index contributed by atoms with van der Waals surface area (Å²) in [5.74, 6) is 0.717. The van der Waals surface area contributed by atoms with E-state index in [0.717, 1.165) is 49.0 Å². The third kappa shape index (κ3) is 4.04. The van der Waals surface area contributed by atoms with Gasteiger partial charge in [0, 0.05) is 36.9 Å². The average Bonchev–Trinajstić information content (AvgIpc) is 3.14. The number of nitrogens with one attached hydrogen (secondary N) is 1. The Morgan fingerprint density at radius 1 is 1.45 bits per heavy atom. The van der Waals surface area contributed by atoms with E-state index >= 15 is 0 Å². The SMILES string of the molecule is Cc1ncsc1CN(Cc1ccncc1Cl)CC1CCNC1. The molecule has 0 bridgehead atoms. The van der Waals surface area contributed by atoms with Crippen LogP contribution in [0.2, 0.25) is 5.02 Å². The lowest BCUT2D eigenvalue weighted by atomic mass is 10.1. The third-order valence-corrected chi connectivity index (χ3v) is 5.40. The first kappa shape index (κ1) is 15.9. The van der Waals surface area contributed by atoms with Crippen molar-refractivity contribution in [3.05, 3.63) is 45.1 Å². The molecule has 22 heavy (non-hydrogen) atoms. The molecule has 1 atom stereocenters. The monoisotopic (exact) mass is 336 g/mol. The van der Waals surface area contributed by atoms with Gasteiger partial charge in [0.05, 0.1) is 16.2 Å². The molecule has 1 fully saturated rings. The molecule has 0 aromatic carbocycles. The van der Waals surface area contributed by atoms with Crippen molar-refractivity contribution < 1.29 is 0 Å². The Bertz CT molecular complexity index is 610. The standard InChI is InChI=1S/C16H21ClN4S/c1-12-16(22-11-20-12)10-21(8-13-2-4-18-6-13)9-14-3-5-19-7-15(14)17/h3,5,7,11,13,18H,2,4,6,8-10H2,1H3. The number of hydrogen-bond donors (Lipinski definition) is 1. The van der Waals surface area contributed by atoms with Crippen LogP contribution in [0, 0.1) is 12.8 Å². The van der Waals surface area contributed by atoms with Crippen LogP contribution in [0.25, 0.3) is 0 Å². The molecule has 4 nitrogen and oxygen atoms in total. The minimum atomic E-state index is 0.717. The van der Waals surface area contributed by atoms with Crippen LogP contribution in [0.5, 0.6) is 0 Å². The second-order valence-corrected chi connectivity index (χ2v) is 7.20. The Balaban J connectivity index is 1.73. The summed E-state index contributed by atoms with van der Waals surface area (Å²) in [5.41, 5.74) is 4.21. The Hall–Kier alpha value is -1.01. The van der Waals surface area contributed by atoms with Crippen molar-refractivity contribution >= 4 is 22.9 Å². The molecule has 1 N–H and O–H groups in total. The summed E-state index contributed by atoms with van der Waals surface area (Å²) in [5, 5.41) is 4.20. The van der Waals surface area contributed by atoms with Crippen molar-refractivity contribution in [2.45, 2.75) is 26.4 Å². The van der Waals surface area contributed by atoms with Crippen molar-refractivity contribution in [3.8, 4) is 0 Å². The zero-order valence-electron chi connectivity index (χ0n) is 12.8. The maximum atomic E-state index is 6.29. The maximum Gasteiger partial charge on any atom is 0.0798 e. The molecule has 0 radical (unpaired) electrons. The number of hydrogen-bond acceptors (Lipinski definition) is 5. The van der Waals surface area contributed by atoms with E-state index in [1.165, 1.54) is 11.3 Å². The highest BCUT2D eigenvalue weighted by atomic mass is 35.5. The van der Waals surface area contributed by atoms with Crippen LogP contribution in [-0.4, -0.2) is 34.5 Å². The van der Waals surface area contributed by atoms with Gasteiger partial charge in [-0.3, -0.25) is 9.88 Å². The predicted molar refractivity (Wildman–Crippen MR) is 91.2 cm³/mol. The van der Waals surface area contributed by atoms with Gasteiger partial charge in [-0.2, -0.15) is 0 Å². The van der Waals surface area contributed by atoms with E-state index in [0.29, 0.717) is 5.92 Å². The van der Waals surface area contributed by atoms with Crippen LogP contribution in [-0.2, 0) is 13.1 Å². The summed E-state index contributed by atoms with van der Waals surface area (Å²) in [6.45, 7) is 7.21. The van der Waals surface area contributed by atoms with Crippen LogP contribution < -0.4 is 5.32 Å². The van der Waals surface area contributed by atoms with E-state index in [2.05, 4.69) is 27.1 Å². The predicted octanol–water partition coefficient (Wildman–Crippen LogP) is 3.11. The van der Waals surface area contributed by atoms with Crippen molar-refractivity contribution in [3.63, 3.8) is 0 Å². The summed E-state index contributed by atoms with van der Waals surface area (Å²) in [6.07, 6.45) is 4.79. The molecule has 1 aliphatic heterocycles. The first-order valence-electron chi connectivity index (χ1n) is 7.63. The highest BCUT2D eigenvalue weighted by molar-refractivity contribution is 7.09. The fourth-order valence-electron chi connectivity index (χ4n) is 2.87. The smallest absolute Gasteiger partial charge is 0.0798 e. The highest BCUT2D eigenvalue weighted by Gasteiger charge is 2.20. The summed E-state index contributed by atoms with van der Waals surface area (Å²) in [6, 6.07) is 2.02. The molecule has 118 valence electrons. The largest absolute Gasteiger partial charge is 0.316 e. The topological polar surface area (TPSA) is 41.1 Å². The first-order chi connectivity index (χ1) is 10.7. The van der Waals surface area contributed by atoms with Crippen LogP contribution in [0.3, 0.4) is 0 Å². The molecule has 1 aliphatic rings. The fraction of sp³-hybridized carbons (Fsp3) is 0.500. The third-order valence-electron chi connectivity index (χ3n) is 4.14. The Labute approximate surface area is 140 Å². The minimum Gasteiger partial charge on any atom is -0.316 e. The molecule has 3 rings (SSSR count). The molecule has 2 aromatic heterocycles. The van der Waals surface area contributed by atoms with E-state index in [-0.39, 0.29) is 0 Å². The van der Waals surface area contributed by atoms with Crippen molar-refractivity contribution in [1.82, 2.24) is 20.2 Å². The minimum absolute atomic E-state index is 0.717. The quantitative estimate of drug-likeness (QED) is 0.880. The van der Waals surface area contributed by atoms with Crippen LogP contribution in [0.4, 0.5) is 0 Å². The number of aromatic nitrogens is 2. The van der Waals surface area contributed by atoms with Gasteiger partial charge in [0.1, 0.15) is 0 Å². The maximum absolute atomic E-state index is 6.29. The lowest BCUT2D eigenvalue weighted by Gasteiger charge is -2.25. The van der Waals surface area contributed by atoms with E-state index in [4.69, 9.17) is 11.6 Å². The highest BCUT2D eigenvalue weighted by Crippen LogP contribution is 2.22. The van der Waals surface area contributed by atoms with Crippen LogP contribution in [0.1, 0.15) is 22.6 Å². The summed E-state index contributed by atoms with van der Waals surface area (Å²) in [4.78, 5) is 12.3. The van der Waals surface area contributed by atoms with E-state index in [9.17, 15) is 0 Å². The second-order valence-electron chi connectivity index (χ2n) is 5.86. The molecule has 3 heterocycles. The van der Waals surface area contributed by atoms with Gasteiger partial charge in [0.2, 0.25) is 0 Å². The Morgan fingerprint density at radius 2 is 2.36 bits per heavy atom. The Morgan fingerprint density at radius 3 is 3.05 bits per heavy atom. The van der Waals surface area contributed by atoms with Gasteiger partial charge in [-0.05, 0) is 44.0 Å². The number of pyridine rings is 1. The van der Waals surface area contributed by atoms with Crippen molar-refractivity contribution in [2.75, 3.05) is 19.6 Å². The molecule has 1 saturated heterocycles. The average molecular weight is 337 g/mol. The van der Waals surface area contributed by atoms with Gasteiger partial charge < -0.3 is 5.32 Å². The van der Waals surface area contributed by atoms with Gasteiger partial charge in [0.15, 0.2) is 0 Å². The van der Waals surface area contributed by atoms with E-state index in [1.807, 2.05) is 17.8 Å². The summed E-state index contributed by atoms with van der Waals surface area (Å²) >= 11 is 8.02. The molecule has 0 saturated carbocycles. The number of rotatable bonds is 6. The zero-order chi connectivity index (χ0) is 15.4. The zero-order valence-corrected chi connectivity index (χ0v) is 14.3. The summed E-state index contributed by atoms with van der Waals surface area (Å²) in [7, 11) is 0. The van der Waals surface area contributed by atoms with Gasteiger partial charge in [-0.1, -0.05) is 11.6 Å². The van der Waals surface area contributed by atoms with E-state index < -0.39 is 0 Å². The summed E-state index contributed by atoms with van der Waals surface area (Å²) < 4.78 is 0. The number of nitrogens with zero attached hydrogens (tertiary/aromatic N) is 3. The molecular weight excluding hydrogens is 316 g/mol. The fourth-order valence-corrected chi connectivity index (χ4v) is 3.87. The second kappa shape index (κ2) is 7.51. The Kier molecular flexibility index (Phi) is 5.41. The number of aryl methyl sites for hydroxylation is 1. The van der Waals surface area contributed by atoms with Crippen LogP contribution in [0.15, 0.2) is 24.0 Å². The van der Waals surface area contributed by atoms with Gasteiger partial charge in [-0.15, -0.1) is 11.3 Å². The van der Waals surface area contributed by atoms with Crippen molar-refractivity contribution in [2.24, 2.45) is 5.92 Å². The lowest BCUT2D eigenvalue weighted by molar-refractivity contribution is 0.222. The molecule has 2 aromatic rings. The number of halogens is 1. The van der Waals surface area contributed by atoms with E-state index in [1.54, 1.807) is 17.5 Å². The molecule has 6 heteroatoms. The van der Waals surface area contributed by atoms with Gasteiger partial charge in [0.25, 0.3) is 0 Å². The lowest BCUT2D eigenvalue weighted by Crippen LogP contribution is -2.30. The molecule has 0 aliphatic carbocycles. The molecule has 1 unspecified atom stereocenters. The van der Waals surface area contributed by atoms with Crippen LogP contribution >= 0.6 is 22.9 Å². The van der Waals surface area contributed by atoms with Gasteiger partial charge in [-0.25, -0.2) is 4.98 Å². The molecular formula is C16H21ClN4S. The first-order valence-corrected chi connectivity index (χ1v) is 8.88. The van der Waals surface area contributed by atoms with Gasteiger partial charge >= 0.3 is 0 Å².